The van der Waals surface area contributed by atoms with Gasteiger partial charge in [0.25, 0.3) is 5.56 Å². The van der Waals surface area contributed by atoms with E-state index in [0.717, 1.165) is 6.08 Å². The Bertz CT molecular complexity index is 902. The minimum Gasteiger partial charge on any atom is -0.387 e. The number of nitrogens with two attached hydrogens (primary N) is 1. The van der Waals surface area contributed by atoms with Crippen LogP contribution in [0.15, 0.2) is 23.0 Å². The zero-order valence-electron chi connectivity index (χ0n) is 11.9. The van der Waals surface area contributed by atoms with Gasteiger partial charge in [0.2, 0.25) is 5.95 Å². The lowest BCUT2D eigenvalue weighted by Gasteiger charge is -2.16. The molecule has 1 aliphatic rings. The zero-order valence-corrected chi connectivity index (χ0v) is 12.8. The van der Waals surface area contributed by atoms with Crippen molar-refractivity contribution in [3.63, 3.8) is 0 Å². The standard InChI is InChI=1S/C11H14N5O7P/c12-11-14-8-5(9(19)15-11)13-3-16(8)10-7(18)6(17)4(23-10)1-2-24(20,21)22/h1-4,6-7,10,17-18H,(H2,20,21,22)(H3,12,14,15,19)/t4-,6-,7-,10-/m1/s1. The lowest BCUT2D eigenvalue weighted by Crippen LogP contribution is -2.30. The Labute approximate surface area is 133 Å². The first-order chi connectivity index (χ1) is 11.2. The second-order valence-electron chi connectivity index (χ2n) is 5.18. The predicted octanol–water partition coefficient (Wildman–Crippen LogP) is -1.99. The fourth-order valence-electron chi connectivity index (χ4n) is 2.40. The quantitative estimate of drug-likeness (QED) is 0.334. The summed E-state index contributed by atoms with van der Waals surface area (Å²) in [6, 6.07) is 0. The molecular weight excluding hydrogens is 345 g/mol. The molecule has 130 valence electrons. The molecule has 0 unspecified atom stereocenters. The van der Waals surface area contributed by atoms with Gasteiger partial charge >= 0.3 is 7.60 Å². The van der Waals surface area contributed by atoms with E-state index in [4.69, 9.17) is 20.3 Å². The third-order valence-corrected chi connectivity index (χ3v) is 4.03. The maximum absolute atomic E-state index is 11.7. The molecular formula is C11H14N5O7P. The topological polar surface area (TPSA) is 197 Å². The molecule has 1 fully saturated rings. The van der Waals surface area contributed by atoms with Gasteiger partial charge in [-0.1, -0.05) is 0 Å². The molecule has 13 heteroatoms. The van der Waals surface area contributed by atoms with Crippen LogP contribution in [0.3, 0.4) is 0 Å². The molecule has 1 saturated heterocycles. The number of rotatable bonds is 3. The lowest BCUT2D eigenvalue weighted by molar-refractivity contribution is -0.0244. The second kappa shape index (κ2) is 5.77. The molecule has 0 spiro atoms. The van der Waals surface area contributed by atoms with Gasteiger partial charge in [0.05, 0.1) is 6.33 Å². The highest BCUT2D eigenvalue weighted by Crippen LogP contribution is 2.38. The molecule has 0 aromatic carbocycles. The lowest BCUT2D eigenvalue weighted by atomic mass is 10.1. The van der Waals surface area contributed by atoms with Crippen molar-refractivity contribution < 1.29 is 29.3 Å². The largest absolute Gasteiger partial charge is 0.387 e. The van der Waals surface area contributed by atoms with Crippen LogP contribution >= 0.6 is 7.60 Å². The summed E-state index contributed by atoms with van der Waals surface area (Å²) in [6.45, 7) is 0. The van der Waals surface area contributed by atoms with Crippen LogP contribution in [0.2, 0.25) is 0 Å². The number of hydrogen-bond acceptors (Lipinski definition) is 8. The number of nitrogens with zero attached hydrogens (tertiary/aromatic N) is 3. The van der Waals surface area contributed by atoms with Crippen LogP contribution in [0.1, 0.15) is 6.23 Å². The van der Waals surface area contributed by atoms with Gasteiger partial charge < -0.3 is 30.5 Å². The molecule has 7 N–H and O–H groups in total. The highest BCUT2D eigenvalue weighted by atomic mass is 31.2. The second-order valence-corrected chi connectivity index (χ2v) is 6.65. The summed E-state index contributed by atoms with van der Waals surface area (Å²) in [5.74, 6) is 0.406. The van der Waals surface area contributed by atoms with Crippen LogP contribution in [-0.4, -0.2) is 57.8 Å². The SMILES string of the molecule is Nc1nc2c(ncn2[C@@H]2O[C@H](C=CP(=O)(O)O)[C@@H](O)[C@H]2O)c(=O)[nH]1. The van der Waals surface area contributed by atoms with Crippen molar-refractivity contribution in [2.75, 3.05) is 5.73 Å². The van der Waals surface area contributed by atoms with Crippen LogP contribution < -0.4 is 11.3 Å². The Balaban J connectivity index is 1.97. The number of nitrogen functional groups attached to an aromatic ring is 1. The Hall–Kier alpha value is -2.08. The van der Waals surface area contributed by atoms with Crippen molar-refractivity contribution in [1.29, 1.82) is 0 Å². The van der Waals surface area contributed by atoms with Gasteiger partial charge in [-0.3, -0.25) is 18.9 Å². The molecule has 0 amide bonds. The molecule has 2 aromatic heterocycles. The van der Waals surface area contributed by atoms with E-state index in [2.05, 4.69) is 15.0 Å². The van der Waals surface area contributed by atoms with Crippen LogP contribution in [0.5, 0.6) is 0 Å². The summed E-state index contributed by atoms with van der Waals surface area (Å²) >= 11 is 0. The van der Waals surface area contributed by atoms with E-state index >= 15 is 0 Å². The number of aliphatic hydroxyl groups excluding tert-OH is 2. The number of ether oxygens (including phenoxy) is 1. The summed E-state index contributed by atoms with van der Waals surface area (Å²) in [5, 5.41) is 20.1. The van der Waals surface area contributed by atoms with Gasteiger partial charge in [0, 0.05) is 5.82 Å². The monoisotopic (exact) mass is 359 g/mol. The molecule has 12 nitrogen and oxygen atoms in total. The normalized spacial score (nSPS) is 28.2. The van der Waals surface area contributed by atoms with Crippen molar-refractivity contribution in [3.8, 4) is 0 Å². The number of aliphatic hydroxyl groups is 2. The van der Waals surface area contributed by atoms with Crippen molar-refractivity contribution in [1.82, 2.24) is 19.5 Å². The van der Waals surface area contributed by atoms with Gasteiger partial charge in [-0.2, -0.15) is 4.98 Å². The maximum atomic E-state index is 11.7. The number of fused-ring (bicyclic) bond motifs is 1. The molecule has 4 atom stereocenters. The van der Waals surface area contributed by atoms with Gasteiger partial charge in [0.1, 0.15) is 18.3 Å². The highest BCUT2D eigenvalue weighted by molar-refractivity contribution is 7.55. The Kier molecular flexibility index (Phi) is 4.03. The van der Waals surface area contributed by atoms with E-state index in [1.807, 2.05) is 0 Å². The van der Waals surface area contributed by atoms with Gasteiger partial charge in [-0.15, -0.1) is 0 Å². The number of hydrogen-bond donors (Lipinski definition) is 6. The summed E-state index contributed by atoms with van der Waals surface area (Å²) in [4.78, 5) is 39.5. The molecule has 0 bridgehead atoms. The summed E-state index contributed by atoms with van der Waals surface area (Å²) in [6.07, 6.45) is -3.10. The van der Waals surface area contributed by atoms with Crippen LogP contribution in [-0.2, 0) is 9.30 Å². The fourth-order valence-corrected chi connectivity index (χ4v) is 2.79. The minimum absolute atomic E-state index is 0.0344. The molecule has 1 aliphatic heterocycles. The van der Waals surface area contributed by atoms with Gasteiger partial charge in [-0.05, 0) is 6.08 Å². The fraction of sp³-hybridized carbons (Fsp3) is 0.364. The molecule has 0 saturated carbocycles. The molecule has 0 aliphatic carbocycles. The highest BCUT2D eigenvalue weighted by Gasteiger charge is 2.43. The van der Waals surface area contributed by atoms with Crippen molar-refractivity contribution in [3.05, 3.63) is 28.6 Å². The van der Waals surface area contributed by atoms with Crippen LogP contribution in [0.25, 0.3) is 11.2 Å². The Morgan fingerprint density at radius 1 is 1.38 bits per heavy atom. The molecule has 3 rings (SSSR count). The average Bonchev–Trinajstić information content (AvgIpc) is 3.00. The van der Waals surface area contributed by atoms with E-state index in [0.29, 0.717) is 5.82 Å². The predicted molar refractivity (Wildman–Crippen MR) is 79.7 cm³/mol. The average molecular weight is 359 g/mol. The first-order valence-corrected chi connectivity index (χ1v) is 8.34. The number of H-pyrrole nitrogens is 1. The summed E-state index contributed by atoms with van der Waals surface area (Å²) < 4.78 is 17.5. The van der Waals surface area contributed by atoms with E-state index < -0.39 is 37.7 Å². The van der Waals surface area contributed by atoms with E-state index in [1.165, 1.54) is 10.9 Å². The molecule has 3 heterocycles. The molecule has 2 aromatic rings. The number of aromatic nitrogens is 4. The first-order valence-electron chi connectivity index (χ1n) is 6.66. The van der Waals surface area contributed by atoms with Crippen LogP contribution in [0, 0.1) is 0 Å². The first kappa shape index (κ1) is 16.8. The molecule has 24 heavy (non-hydrogen) atoms. The maximum Gasteiger partial charge on any atom is 0.348 e. The Morgan fingerprint density at radius 3 is 2.75 bits per heavy atom. The van der Waals surface area contributed by atoms with Crippen LogP contribution in [0.4, 0.5) is 5.95 Å². The van der Waals surface area contributed by atoms with Crippen molar-refractivity contribution in [2.24, 2.45) is 0 Å². The number of imidazole rings is 1. The van der Waals surface area contributed by atoms with Crippen molar-refractivity contribution in [2.45, 2.75) is 24.5 Å². The van der Waals surface area contributed by atoms with E-state index in [9.17, 15) is 19.6 Å². The summed E-state index contributed by atoms with van der Waals surface area (Å²) in [7, 11) is -4.44. The third kappa shape index (κ3) is 2.98. The number of nitrogens with one attached hydrogen (secondary N) is 1. The van der Waals surface area contributed by atoms with E-state index in [-0.39, 0.29) is 17.1 Å². The van der Waals surface area contributed by atoms with E-state index in [1.54, 1.807) is 0 Å². The van der Waals surface area contributed by atoms with Gasteiger partial charge in [-0.25, -0.2) is 4.98 Å². The summed E-state index contributed by atoms with van der Waals surface area (Å²) in [5.41, 5.74) is 4.89. The molecule has 0 radical (unpaired) electrons. The zero-order chi connectivity index (χ0) is 17.6. The third-order valence-electron chi connectivity index (χ3n) is 3.47. The Morgan fingerprint density at radius 2 is 2.08 bits per heavy atom. The van der Waals surface area contributed by atoms with Crippen molar-refractivity contribution >= 4 is 24.7 Å². The smallest absolute Gasteiger partial charge is 0.348 e. The number of anilines is 1. The number of aromatic amines is 1. The minimum atomic E-state index is -4.44. The van der Waals surface area contributed by atoms with Gasteiger partial charge in [0.15, 0.2) is 17.4 Å².